The van der Waals surface area contributed by atoms with E-state index in [1.807, 2.05) is 60.7 Å². The summed E-state index contributed by atoms with van der Waals surface area (Å²) in [6.07, 6.45) is 0.764. The number of nitrogens with one attached hydrogen (secondary N) is 2. The maximum absolute atomic E-state index is 14.2. The lowest BCUT2D eigenvalue weighted by Gasteiger charge is -2.43. The van der Waals surface area contributed by atoms with Crippen molar-refractivity contribution < 1.29 is 23.9 Å². The Balaban J connectivity index is 1.03. The number of halogens is 1. The van der Waals surface area contributed by atoms with Crippen LogP contribution in [0.1, 0.15) is 22.8 Å². The van der Waals surface area contributed by atoms with E-state index in [0.29, 0.717) is 22.9 Å². The minimum absolute atomic E-state index is 0.0135. The van der Waals surface area contributed by atoms with E-state index in [4.69, 9.17) is 9.47 Å². The average Bonchev–Trinajstić information content (AvgIpc) is 3.86. The lowest BCUT2D eigenvalue weighted by atomic mass is 9.68. The van der Waals surface area contributed by atoms with Gasteiger partial charge in [0.2, 0.25) is 11.8 Å². The Kier molecular flexibility index (Phi) is 7.67. The number of hydrogen-bond donors (Lipinski definition) is 2. The zero-order chi connectivity index (χ0) is 34.3. The summed E-state index contributed by atoms with van der Waals surface area (Å²) in [7, 11) is 1.58. The van der Waals surface area contributed by atoms with Crippen molar-refractivity contribution in [3.8, 4) is 11.5 Å². The maximum atomic E-state index is 14.2. The number of aromatic nitrogens is 1. The standard InChI is InChI=1S/C38H30BrN3O6S2/c1-47-23-11-9-22(10-12-23)42-36(44)31-25-16-26(32(31)37(42)45)33-30(25)29(34-35(49-33)41-38(46)50-34)24-15-20(39)7-13-27(24)48-17-28(43)40-21-8-6-18-4-2-3-5-19(18)14-21/h2-15,25-26,29-33H,16-17H2,1H3,(H,40,43)(H,41,46)/t25?,26?,29-,30?,31?,32?,33?/m1/s1. The molecule has 9 rings (SSSR count). The van der Waals surface area contributed by atoms with Gasteiger partial charge in [-0.15, -0.1) is 11.8 Å². The van der Waals surface area contributed by atoms with Crippen molar-refractivity contribution in [1.82, 2.24) is 4.98 Å². The van der Waals surface area contributed by atoms with Crippen LogP contribution in [0.3, 0.4) is 0 Å². The number of H-pyrrole nitrogens is 1. The first-order chi connectivity index (χ1) is 24.3. The molecule has 2 bridgehead atoms. The lowest BCUT2D eigenvalue weighted by Crippen LogP contribution is -2.42. The number of imide groups is 1. The van der Waals surface area contributed by atoms with Gasteiger partial charge in [0.25, 0.3) is 5.91 Å². The number of aromatic amines is 1. The molecular weight excluding hydrogens is 738 g/mol. The van der Waals surface area contributed by atoms with Gasteiger partial charge in [-0.3, -0.25) is 24.1 Å². The minimum Gasteiger partial charge on any atom is -0.497 e. The number of carbonyl (C=O) groups excluding carboxylic acids is 3. The van der Waals surface area contributed by atoms with Gasteiger partial charge < -0.3 is 19.8 Å². The van der Waals surface area contributed by atoms with Crippen LogP contribution in [0.25, 0.3) is 10.8 Å². The number of benzene rings is 4. The van der Waals surface area contributed by atoms with Crippen LogP contribution < -0.4 is 24.6 Å². The monoisotopic (exact) mass is 767 g/mol. The first kappa shape index (κ1) is 31.6. The zero-order valence-electron chi connectivity index (χ0n) is 26.6. The number of ether oxygens (including phenoxy) is 2. The van der Waals surface area contributed by atoms with E-state index in [1.165, 1.54) is 16.2 Å². The molecule has 7 atom stereocenters. The number of hydrogen-bond acceptors (Lipinski definition) is 8. The Labute approximate surface area is 303 Å². The first-order valence-electron chi connectivity index (χ1n) is 16.4. The van der Waals surface area contributed by atoms with Gasteiger partial charge in [-0.25, -0.2) is 0 Å². The Hall–Kier alpha value is -4.39. The fourth-order valence-corrected chi connectivity index (χ4v) is 12.1. The van der Waals surface area contributed by atoms with Gasteiger partial charge in [0.15, 0.2) is 6.61 Å². The van der Waals surface area contributed by atoms with Gasteiger partial charge in [0.1, 0.15) is 11.5 Å². The molecule has 3 fully saturated rings. The summed E-state index contributed by atoms with van der Waals surface area (Å²) in [5, 5.41) is 5.87. The van der Waals surface area contributed by atoms with E-state index < -0.39 is 11.8 Å². The van der Waals surface area contributed by atoms with Crippen LogP contribution in [0, 0.1) is 29.6 Å². The number of thiazole rings is 1. The molecule has 1 saturated heterocycles. The van der Waals surface area contributed by atoms with Crippen molar-refractivity contribution in [2.75, 3.05) is 23.9 Å². The molecule has 2 N–H and O–H groups in total. The third-order valence-corrected chi connectivity index (χ3v) is 13.8. The second kappa shape index (κ2) is 12.1. The third-order valence-electron chi connectivity index (χ3n) is 10.8. The van der Waals surface area contributed by atoms with Crippen LogP contribution in [-0.2, 0) is 14.4 Å². The molecule has 3 amide bonds. The Morgan fingerprint density at radius 3 is 2.48 bits per heavy atom. The molecule has 0 spiro atoms. The number of amides is 3. The molecule has 2 aliphatic heterocycles. The summed E-state index contributed by atoms with van der Waals surface area (Å²) in [5.41, 5.74) is 2.07. The SMILES string of the molecule is COc1ccc(N2C(=O)C3C4CC(C3C2=O)C2C4Sc3[nH]c(=O)sc3[C@@H]2c2cc(Br)ccc2OCC(=O)Nc2ccc3ccccc3c2)cc1. The predicted octanol–water partition coefficient (Wildman–Crippen LogP) is 7.06. The van der Waals surface area contributed by atoms with Gasteiger partial charge in [-0.2, -0.15) is 0 Å². The van der Waals surface area contributed by atoms with Crippen LogP contribution in [0.2, 0.25) is 0 Å². The lowest BCUT2D eigenvalue weighted by molar-refractivity contribution is -0.123. The molecule has 2 aliphatic carbocycles. The Morgan fingerprint density at radius 1 is 0.940 bits per heavy atom. The Morgan fingerprint density at radius 2 is 1.70 bits per heavy atom. The predicted molar refractivity (Wildman–Crippen MR) is 196 cm³/mol. The second-order valence-corrected chi connectivity index (χ2v) is 16.4. The van der Waals surface area contributed by atoms with E-state index in [1.54, 1.807) is 43.1 Å². The van der Waals surface area contributed by atoms with E-state index in [2.05, 4.69) is 26.2 Å². The van der Waals surface area contributed by atoms with E-state index in [-0.39, 0.29) is 58.1 Å². The molecule has 4 aromatic carbocycles. The largest absolute Gasteiger partial charge is 0.497 e. The number of carbonyl (C=O) groups is 3. The molecule has 9 nitrogen and oxygen atoms in total. The van der Waals surface area contributed by atoms with E-state index >= 15 is 0 Å². The smallest absolute Gasteiger partial charge is 0.305 e. The normalized spacial score (nSPS) is 26.1. The number of nitrogens with zero attached hydrogens (tertiary/aromatic N) is 1. The maximum Gasteiger partial charge on any atom is 0.305 e. The summed E-state index contributed by atoms with van der Waals surface area (Å²) >= 11 is 6.47. The van der Waals surface area contributed by atoms with Crippen molar-refractivity contribution in [2.24, 2.45) is 29.6 Å². The third kappa shape index (κ3) is 5.02. The second-order valence-electron chi connectivity index (χ2n) is 13.3. The molecule has 6 unspecified atom stereocenters. The molecule has 2 saturated carbocycles. The van der Waals surface area contributed by atoms with Gasteiger partial charge in [0.05, 0.1) is 29.7 Å². The molecule has 12 heteroatoms. The van der Waals surface area contributed by atoms with Crippen LogP contribution in [0.15, 0.2) is 99.2 Å². The van der Waals surface area contributed by atoms with E-state index in [0.717, 1.165) is 37.1 Å². The molecule has 4 aliphatic rings. The Bertz CT molecular complexity index is 2270. The van der Waals surface area contributed by atoms with Crippen LogP contribution in [-0.4, -0.2) is 41.7 Å². The number of fused-ring (bicyclic) bond motifs is 10. The highest BCUT2D eigenvalue weighted by atomic mass is 79.9. The first-order valence-corrected chi connectivity index (χ1v) is 18.9. The van der Waals surface area contributed by atoms with Crippen molar-refractivity contribution in [1.29, 1.82) is 0 Å². The van der Waals surface area contributed by atoms with Crippen molar-refractivity contribution in [3.05, 3.63) is 110 Å². The number of thioether (sulfide) groups is 1. The topological polar surface area (TPSA) is 118 Å². The average molecular weight is 769 g/mol. The summed E-state index contributed by atoms with van der Waals surface area (Å²) in [6, 6.07) is 26.5. The summed E-state index contributed by atoms with van der Waals surface area (Å²) in [6.45, 7) is -0.214. The van der Waals surface area contributed by atoms with Crippen molar-refractivity contribution >= 4 is 78.9 Å². The molecule has 252 valence electrons. The van der Waals surface area contributed by atoms with Crippen LogP contribution >= 0.6 is 39.0 Å². The molecule has 50 heavy (non-hydrogen) atoms. The number of methoxy groups -OCH3 is 1. The van der Waals surface area contributed by atoms with Crippen LogP contribution in [0.4, 0.5) is 11.4 Å². The molecule has 1 aromatic heterocycles. The number of anilines is 2. The fourth-order valence-electron chi connectivity index (χ4n) is 8.85. The minimum atomic E-state index is -0.444. The van der Waals surface area contributed by atoms with Crippen LogP contribution in [0.5, 0.6) is 11.5 Å². The number of rotatable bonds is 7. The fraction of sp³-hybridized carbons (Fsp3) is 0.263. The van der Waals surface area contributed by atoms with Crippen molar-refractivity contribution in [2.45, 2.75) is 22.6 Å². The summed E-state index contributed by atoms with van der Waals surface area (Å²) in [4.78, 5) is 59.3. The highest BCUT2D eigenvalue weighted by Crippen LogP contribution is 2.69. The highest BCUT2D eigenvalue weighted by molar-refractivity contribution is 9.10. The van der Waals surface area contributed by atoms with Gasteiger partial charge in [-0.1, -0.05) is 57.6 Å². The van der Waals surface area contributed by atoms with E-state index in [9.17, 15) is 19.2 Å². The highest BCUT2D eigenvalue weighted by Gasteiger charge is 2.69. The molecular formula is C38H30BrN3O6S2. The molecule has 0 radical (unpaired) electrons. The molecule has 3 heterocycles. The summed E-state index contributed by atoms with van der Waals surface area (Å²) in [5.74, 6) is -0.669. The van der Waals surface area contributed by atoms with Gasteiger partial charge >= 0.3 is 4.87 Å². The van der Waals surface area contributed by atoms with Gasteiger partial charge in [0, 0.05) is 31.8 Å². The van der Waals surface area contributed by atoms with Gasteiger partial charge in [-0.05, 0) is 89.5 Å². The summed E-state index contributed by atoms with van der Waals surface area (Å²) < 4.78 is 12.4. The quantitative estimate of drug-likeness (QED) is 0.171. The molecule has 5 aromatic rings. The van der Waals surface area contributed by atoms with Crippen molar-refractivity contribution in [3.63, 3.8) is 0 Å². The zero-order valence-corrected chi connectivity index (χ0v) is 29.8.